The van der Waals surface area contributed by atoms with Gasteiger partial charge in [0.05, 0.1) is 12.7 Å². The van der Waals surface area contributed by atoms with Crippen LogP contribution in [0.1, 0.15) is 0 Å². The van der Waals surface area contributed by atoms with Crippen LogP contribution in [0.2, 0.25) is 0 Å². The Bertz CT molecular complexity index is 232. The minimum atomic E-state index is -4.79. The normalized spacial score (nSPS) is 16.3. The molecular formula is C5H9Na2O8P. The van der Waals surface area contributed by atoms with Crippen LogP contribution in [0, 0.1) is 0 Å². The number of hydrogen-bond donors (Lipinski definition) is 3. The molecule has 16 heavy (non-hydrogen) atoms. The quantitative estimate of drug-likeness (QED) is 0.245. The fourth-order valence-electron chi connectivity index (χ4n) is 0.565. The summed E-state index contributed by atoms with van der Waals surface area (Å²) in [6, 6.07) is 0. The second-order valence-electron chi connectivity index (χ2n) is 2.42. The third-order valence-electron chi connectivity index (χ3n) is 1.25. The molecule has 0 aromatic heterocycles. The number of aliphatic hydroxyl groups excluding tert-OH is 1. The van der Waals surface area contributed by atoms with E-state index in [9.17, 15) is 19.6 Å². The van der Waals surface area contributed by atoms with Crippen molar-refractivity contribution in [1.82, 2.24) is 0 Å². The Hall–Kier alpha value is 1.66. The molecule has 0 aliphatic carbocycles. The number of carbonyl (C=O) groups excluding carboxylic acids is 1. The zero-order valence-corrected chi connectivity index (χ0v) is 13.7. The van der Waals surface area contributed by atoms with Crippen molar-refractivity contribution in [3.8, 4) is 0 Å². The fourth-order valence-corrected chi connectivity index (χ4v) is 0.912. The summed E-state index contributed by atoms with van der Waals surface area (Å²) in [5.41, 5.74) is 0. The summed E-state index contributed by atoms with van der Waals surface area (Å²) in [6.45, 7) is -0.995. The van der Waals surface area contributed by atoms with Gasteiger partial charge in [0, 0.05) is 0 Å². The van der Waals surface area contributed by atoms with Crippen LogP contribution in [-0.2, 0) is 13.9 Å². The van der Waals surface area contributed by atoms with Gasteiger partial charge in [-0.15, -0.1) is 6.10 Å². The molecule has 3 N–H and O–H groups in total. The van der Waals surface area contributed by atoms with Crippen LogP contribution in [0.25, 0.3) is 0 Å². The maximum atomic E-state index is 10.7. The van der Waals surface area contributed by atoms with Crippen molar-refractivity contribution >= 4 is 14.1 Å². The van der Waals surface area contributed by atoms with E-state index in [0.29, 0.717) is 0 Å². The van der Waals surface area contributed by atoms with Gasteiger partial charge >= 0.3 is 66.9 Å². The van der Waals surface area contributed by atoms with Crippen molar-refractivity contribution in [2.45, 2.75) is 18.3 Å². The minimum absolute atomic E-state index is 0. The van der Waals surface area contributed by atoms with Gasteiger partial charge in [-0.25, -0.2) is 4.57 Å². The summed E-state index contributed by atoms with van der Waals surface area (Å²) in [6.07, 6.45) is -6.53. The molecule has 0 saturated heterocycles. The van der Waals surface area contributed by atoms with Gasteiger partial charge in [0.2, 0.25) is 0 Å². The molecule has 0 unspecified atom stereocenters. The average molecular weight is 274 g/mol. The molecule has 0 aliphatic heterocycles. The van der Waals surface area contributed by atoms with Crippen LogP contribution in [0.4, 0.5) is 0 Å². The third kappa shape index (κ3) is 10.8. The van der Waals surface area contributed by atoms with E-state index in [2.05, 4.69) is 4.52 Å². The van der Waals surface area contributed by atoms with Crippen molar-refractivity contribution in [3.05, 3.63) is 0 Å². The van der Waals surface area contributed by atoms with E-state index < -0.39 is 32.7 Å². The first-order valence-corrected chi connectivity index (χ1v) is 4.96. The zero-order valence-electron chi connectivity index (χ0n) is 8.85. The second kappa shape index (κ2) is 10.6. The maximum Gasteiger partial charge on any atom is 1.00 e. The molecule has 0 radical (unpaired) electrons. The molecule has 0 saturated carbocycles. The van der Waals surface area contributed by atoms with Crippen molar-refractivity contribution in [3.63, 3.8) is 0 Å². The van der Waals surface area contributed by atoms with Gasteiger partial charge in [0.15, 0.2) is 0 Å². The van der Waals surface area contributed by atoms with E-state index in [-0.39, 0.29) is 65.4 Å². The molecule has 0 aromatic rings. The van der Waals surface area contributed by atoms with Crippen molar-refractivity contribution in [2.24, 2.45) is 0 Å². The van der Waals surface area contributed by atoms with Crippen LogP contribution in [0.3, 0.4) is 0 Å². The molecule has 0 spiro atoms. The molecule has 0 bridgehead atoms. The SMILES string of the molecule is O=C[C@H]([O-])[C@H]([O-])[C@H](O)COP(=O)(O)O.[Na+].[Na+]. The molecule has 0 amide bonds. The van der Waals surface area contributed by atoms with Crippen molar-refractivity contribution in [1.29, 1.82) is 0 Å². The smallest absolute Gasteiger partial charge is 0.851 e. The van der Waals surface area contributed by atoms with E-state index >= 15 is 0 Å². The summed E-state index contributed by atoms with van der Waals surface area (Å²) < 4.78 is 13.9. The molecule has 11 heteroatoms. The van der Waals surface area contributed by atoms with Crippen LogP contribution in [-0.4, -0.2) is 46.1 Å². The predicted molar refractivity (Wildman–Crippen MR) is 37.6 cm³/mol. The van der Waals surface area contributed by atoms with E-state index in [1.165, 1.54) is 0 Å². The molecule has 8 nitrogen and oxygen atoms in total. The summed E-state index contributed by atoms with van der Waals surface area (Å²) in [5.74, 6) is 0. The van der Waals surface area contributed by atoms with Gasteiger partial charge in [0.25, 0.3) is 0 Å². The summed E-state index contributed by atoms with van der Waals surface area (Å²) in [7, 11) is -4.79. The molecule has 3 atom stereocenters. The molecule has 0 rings (SSSR count). The first-order chi connectivity index (χ1) is 6.28. The Balaban J connectivity index is -0.000000845. The number of rotatable bonds is 6. The largest absolute Gasteiger partial charge is 1.00 e. The van der Waals surface area contributed by atoms with E-state index in [0.717, 1.165) is 0 Å². The number of aliphatic hydroxyl groups is 1. The number of carbonyl (C=O) groups is 1. The third-order valence-corrected chi connectivity index (χ3v) is 1.74. The van der Waals surface area contributed by atoms with E-state index in [1.54, 1.807) is 0 Å². The summed E-state index contributed by atoms with van der Waals surface area (Å²) >= 11 is 0. The van der Waals surface area contributed by atoms with Crippen LogP contribution < -0.4 is 69.3 Å². The van der Waals surface area contributed by atoms with Gasteiger partial charge in [-0.2, -0.15) is 0 Å². The van der Waals surface area contributed by atoms with Gasteiger partial charge in [-0.05, 0) is 0 Å². The molecule has 84 valence electrons. The number of aldehydes is 1. The Morgan fingerprint density at radius 3 is 2.06 bits per heavy atom. The van der Waals surface area contributed by atoms with Crippen LogP contribution >= 0.6 is 7.82 Å². The Labute approximate surface area is 136 Å². The van der Waals surface area contributed by atoms with Gasteiger partial charge in [-0.1, -0.05) is 6.10 Å². The van der Waals surface area contributed by atoms with Crippen LogP contribution in [0.5, 0.6) is 0 Å². The molecule has 0 aromatic carbocycles. The first kappa shape index (κ1) is 22.8. The predicted octanol–water partition coefficient (Wildman–Crippen LogP) is -9.88. The van der Waals surface area contributed by atoms with Gasteiger partial charge < -0.3 is 29.9 Å². The minimum Gasteiger partial charge on any atom is -0.851 e. The van der Waals surface area contributed by atoms with Gasteiger partial charge in [0.1, 0.15) is 6.29 Å². The number of phosphoric acid groups is 1. The van der Waals surface area contributed by atoms with Crippen molar-refractivity contribution < 1.29 is 98.1 Å². The summed E-state index contributed by atoms with van der Waals surface area (Å²) in [5, 5.41) is 30.1. The second-order valence-corrected chi connectivity index (χ2v) is 3.66. The number of phosphoric ester groups is 1. The number of hydrogen-bond acceptors (Lipinski definition) is 6. The van der Waals surface area contributed by atoms with Crippen molar-refractivity contribution in [2.75, 3.05) is 6.61 Å². The maximum absolute atomic E-state index is 10.7. The molecule has 0 heterocycles. The molecular weight excluding hydrogens is 265 g/mol. The van der Waals surface area contributed by atoms with E-state index in [4.69, 9.17) is 14.9 Å². The van der Waals surface area contributed by atoms with E-state index in [1.807, 2.05) is 0 Å². The molecule has 0 fully saturated rings. The fraction of sp³-hybridized carbons (Fsp3) is 0.800. The summed E-state index contributed by atoms with van der Waals surface area (Å²) in [4.78, 5) is 26.2. The Kier molecular flexibility index (Phi) is 15.1. The standard InChI is InChI=1S/C5H9O8P.2Na/c6-1-3(7)5(9)4(8)2-13-14(10,11)12;;/h1,3-5,8H,2H2,(H2,10,11,12);;/q-2;2*+1/t3-,4+,5-;;/m0../s1. The Morgan fingerprint density at radius 1 is 1.31 bits per heavy atom. The van der Waals surface area contributed by atoms with Crippen LogP contribution in [0.15, 0.2) is 0 Å². The zero-order chi connectivity index (χ0) is 11.4. The van der Waals surface area contributed by atoms with Gasteiger partial charge in [-0.3, -0.25) is 4.52 Å². The Morgan fingerprint density at radius 2 is 1.75 bits per heavy atom. The first-order valence-electron chi connectivity index (χ1n) is 3.43. The molecule has 0 aliphatic rings. The monoisotopic (exact) mass is 274 g/mol. The average Bonchev–Trinajstić information content (AvgIpc) is 2.10. The topological polar surface area (TPSA) is 150 Å².